The van der Waals surface area contributed by atoms with Gasteiger partial charge in [0.1, 0.15) is 11.5 Å². The van der Waals surface area contributed by atoms with Crippen LogP contribution < -0.4 is 20.1 Å². The van der Waals surface area contributed by atoms with Gasteiger partial charge in [-0.25, -0.2) is 8.42 Å². The van der Waals surface area contributed by atoms with Crippen molar-refractivity contribution in [1.82, 2.24) is 0 Å². The number of rotatable bonds is 7. The molecule has 0 aliphatic carbocycles. The molecule has 0 fully saturated rings. The Kier molecular flexibility index (Phi) is 7.03. The molecule has 1 aliphatic heterocycles. The number of carbonyl (C=O) groups excluding carboxylic acids is 2. The standard InChI is InChI=1S/C20H21ClN2O6S2/c1-11-20(25)23-15-8-12(4-5-18(15)30-11)31(26,27)7-6-19(24)22-14-9-13(21)16(28-2)10-17(14)29-3/h4-5,8-11H,6-7H2,1-3H3,(H,22,24)(H,23,25)/t11-/m0/s1. The van der Waals surface area contributed by atoms with Crippen molar-refractivity contribution in [3.63, 3.8) is 0 Å². The molecular formula is C20H21ClN2O6S2. The van der Waals surface area contributed by atoms with E-state index in [1.807, 2.05) is 0 Å². The average Bonchev–Trinajstić information content (AvgIpc) is 2.73. The fourth-order valence-electron chi connectivity index (χ4n) is 2.90. The number of nitrogens with one attached hydrogen (secondary N) is 2. The number of thioether (sulfide) groups is 1. The molecule has 8 nitrogen and oxygen atoms in total. The summed E-state index contributed by atoms with van der Waals surface area (Å²) in [5.41, 5.74) is 0.759. The predicted molar refractivity (Wildman–Crippen MR) is 120 cm³/mol. The number of amides is 2. The van der Waals surface area contributed by atoms with Crippen molar-refractivity contribution in [1.29, 1.82) is 0 Å². The van der Waals surface area contributed by atoms with Crippen LogP contribution in [0.5, 0.6) is 11.5 Å². The second kappa shape index (κ2) is 9.37. The molecule has 0 saturated heterocycles. The molecule has 1 heterocycles. The lowest BCUT2D eigenvalue weighted by molar-refractivity contribution is -0.116. The first-order chi connectivity index (χ1) is 14.6. The maximum atomic E-state index is 12.7. The van der Waals surface area contributed by atoms with Gasteiger partial charge >= 0.3 is 0 Å². The van der Waals surface area contributed by atoms with Gasteiger partial charge in [-0.1, -0.05) is 11.6 Å². The highest BCUT2D eigenvalue weighted by Crippen LogP contribution is 2.37. The number of hydrogen-bond acceptors (Lipinski definition) is 7. The molecule has 2 amide bonds. The van der Waals surface area contributed by atoms with Gasteiger partial charge in [-0.3, -0.25) is 9.59 Å². The highest BCUT2D eigenvalue weighted by Gasteiger charge is 2.25. The molecule has 11 heteroatoms. The summed E-state index contributed by atoms with van der Waals surface area (Å²) in [5.74, 6) is -0.389. The van der Waals surface area contributed by atoms with Gasteiger partial charge in [-0.15, -0.1) is 11.8 Å². The quantitative estimate of drug-likeness (QED) is 0.617. The molecule has 0 aromatic heterocycles. The van der Waals surface area contributed by atoms with E-state index >= 15 is 0 Å². The summed E-state index contributed by atoms with van der Waals surface area (Å²) in [4.78, 5) is 25.1. The zero-order chi connectivity index (χ0) is 22.8. The Labute approximate surface area is 189 Å². The van der Waals surface area contributed by atoms with Crippen LogP contribution >= 0.6 is 23.4 Å². The summed E-state index contributed by atoms with van der Waals surface area (Å²) in [5, 5.41) is 5.34. The van der Waals surface area contributed by atoms with Crippen LogP contribution in [0.15, 0.2) is 40.1 Å². The number of fused-ring (bicyclic) bond motifs is 1. The van der Waals surface area contributed by atoms with E-state index in [4.69, 9.17) is 21.1 Å². The molecule has 31 heavy (non-hydrogen) atoms. The molecule has 2 aromatic carbocycles. The van der Waals surface area contributed by atoms with Crippen molar-refractivity contribution in [2.45, 2.75) is 28.4 Å². The van der Waals surface area contributed by atoms with Crippen molar-refractivity contribution in [3.05, 3.63) is 35.4 Å². The van der Waals surface area contributed by atoms with Crippen LogP contribution in [-0.2, 0) is 19.4 Å². The number of carbonyl (C=O) groups is 2. The topological polar surface area (TPSA) is 111 Å². The van der Waals surface area contributed by atoms with Gasteiger partial charge in [0, 0.05) is 17.4 Å². The molecule has 0 spiro atoms. The Balaban J connectivity index is 1.70. The van der Waals surface area contributed by atoms with Crippen LogP contribution in [0.2, 0.25) is 5.02 Å². The summed E-state index contributed by atoms with van der Waals surface area (Å²) < 4.78 is 35.8. The first kappa shape index (κ1) is 23.2. The lowest BCUT2D eigenvalue weighted by Gasteiger charge is -2.21. The molecule has 2 aromatic rings. The molecule has 166 valence electrons. The van der Waals surface area contributed by atoms with E-state index in [2.05, 4.69) is 10.6 Å². The summed E-state index contributed by atoms with van der Waals surface area (Å²) >= 11 is 7.45. The number of methoxy groups -OCH3 is 2. The highest BCUT2D eigenvalue weighted by atomic mass is 35.5. The fourth-order valence-corrected chi connectivity index (χ4v) is 5.33. The van der Waals surface area contributed by atoms with Crippen LogP contribution in [0.25, 0.3) is 0 Å². The summed E-state index contributed by atoms with van der Waals surface area (Å²) in [6, 6.07) is 7.56. The van der Waals surface area contributed by atoms with E-state index in [1.54, 1.807) is 13.0 Å². The van der Waals surface area contributed by atoms with Gasteiger partial charge in [-0.2, -0.15) is 0 Å². The van der Waals surface area contributed by atoms with Crippen LogP contribution in [0.4, 0.5) is 11.4 Å². The van der Waals surface area contributed by atoms with Crippen molar-refractivity contribution >= 4 is 56.4 Å². The summed E-state index contributed by atoms with van der Waals surface area (Å²) in [6.07, 6.45) is -0.273. The molecule has 0 unspecified atom stereocenters. The maximum absolute atomic E-state index is 12.7. The van der Waals surface area contributed by atoms with Gasteiger partial charge in [0.25, 0.3) is 0 Å². The second-order valence-electron chi connectivity index (χ2n) is 6.71. The number of benzene rings is 2. The Bertz CT molecular complexity index is 1140. The van der Waals surface area contributed by atoms with Crippen molar-refractivity contribution in [2.75, 3.05) is 30.6 Å². The Morgan fingerprint density at radius 1 is 1.19 bits per heavy atom. The third-order valence-corrected chi connectivity index (χ3v) is 7.77. The van der Waals surface area contributed by atoms with Gasteiger partial charge in [0.2, 0.25) is 11.8 Å². The van der Waals surface area contributed by atoms with E-state index in [9.17, 15) is 18.0 Å². The highest BCUT2D eigenvalue weighted by molar-refractivity contribution is 8.01. The minimum atomic E-state index is -3.75. The minimum absolute atomic E-state index is 0.0413. The summed E-state index contributed by atoms with van der Waals surface area (Å²) in [6.45, 7) is 1.77. The minimum Gasteiger partial charge on any atom is -0.495 e. The number of anilines is 2. The predicted octanol–water partition coefficient (Wildman–Crippen LogP) is 3.59. The Morgan fingerprint density at radius 2 is 1.90 bits per heavy atom. The Morgan fingerprint density at radius 3 is 2.58 bits per heavy atom. The van der Waals surface area contributed by atoms with Crippen molar-refractivity contribution < 1.29 is 27.5 Å². The molecule has 2 N–H and O–H groups in total. The third kappa shape index (κ3) is 5.25. The lowest BCUT2D eigenvalue weighted by atomic mass is 10.2. The van der Waals surface area contributed by atoms with E-state index in [1.165, 1.54) is 50.2 Å². The van der Waals surface area contributed by atoms with Crippen LogP contribution in [-0.4, -0.2) is 45.5 Å². The lowest BCUT2D eigenvalue weighted by Crippen LogP contribution is -2.26. The first-order valence-corrected chi connectivity index (χ1v) is 12.1. The monoisotopic (exact) mass is 484 g/mol. The van der Waals surface area contributed by atoms with Crippen LogP contribution in [0.1, 0.15) is 13.3 Å². The first-order valence-electron chi connectivity index (χ1n) is 9.20. The van der Waals surface area contributed by atoms with Gasteiger partial charge in [-0.05, 0) is 31.2 Å². The number of ether oxygens (including phenoxy) is 2. The molecule has 0 bridgehead atoms. The SMILES string of the molecule is COc1cc(OC)c(NC(=O)CCS(=O)(=O)c2ccc3c(c2)NC(=O)[C@H](C)S3)cc1Cl. The van der Waals surface area contributed by atoms with Gasteiger partial charge < -0.3 is 20.1 Å². The molecule has 1 aliphatic rings. The molecule has 3 rings (SSSR count). The van der Waals surface area contributed by atoms with E-state index in [0.717, 1.165) is 4.90 Å². The van der Waals surface area contributed by atoms with Crippen LogP contribution in [0.3, 0.4) is 0 Å². The molecule has 0 radical (unpaired) electrons. The van der Waals surface area contributed by atoms with E-state index < -0.39 is 21.5 Å². The second-order valence-corrected chi connectivity index (χ2v) is 10.6. The van der Waals surface area contributed by atoms with Gasteiger partial charge in [0.05, 0.1) is 46.5 Å². The molecule has 0 saturated carbocycles. The third-order valence-electron chi connectivity index (χ3n) is 4.59. The molecular weight excluding hydrogens is 464 g/mol. The Hall–Kier alpha value is -2.43. The summed E-state index contributed by atoms with van der Waals surface area (Å²) in [7, 11) is -0.865. The number of halogens is 1. The van der Waals surface area contributed by atoms with Crippen molar-refractivity contribution in [2.24, 2.45) is 0 Å². The van der Waals surface area contributed by atoms with E-state index in [0.29, 0.717) is 22.9 Å². The van der Waals surface area contributed by atoms with E-state index in [-0.39, 0.29) is 27.5 Å². The smallest absolute Gasteiger partial charge is 0.237 e. The normalized spacial score (nSPS) is 15.6. The maximum Gasteiger partial charge on any atom is 0.237 e. The van der Waals surface area contributed by atoms with Gasteiger partial charge in [0.15, 0.2) is 9.84 Å². The zero-order valence-electron chi connectivity index (χ0n) is 17.0. The number of sulfone groups is 1. The largest absolute Gasteiger partial charge is 0.495 e. The average molecular weight is 485 g/mol. The fraction of sp³-hybridized carbons (Fsp3) is 0.300. The van der Waals surface area contributed by atoms with Crippen molar-refractivity contribution in [3.8, 4) is 11.5 Å². The zero-order valence-corrected chi connectivity index (χ0v) is 19.4. The number of hydrogen-bond donors (Lipinski definition) is 2. The molecule has 1 atom stereocenters. The van der Waals surface area contributed by atoms with Crippen LogP contribution in [0, 0.1) is 0 Å².